The molecule has 0 radical (unpaired) electrons. The van der Waals surface area contributed by atoms with Gasteiger partial charge >= 0.3 is 12.1 Å². The molecule has 0 heterocycles. The number of alkyl halides is 3. The molecule has 216 valence electrons. The van der Waals surface area contributed by atoms with Crippen molar-refractivity contribution in [2.75, 3.05) is 20.8 Å². The largest absolute Gasteiger partial charge is 0.503 e. The first-order valence-corrected chi connectivity index (χ1v) is 12.4. The molecular weight excluding hydrogens is 541 g/mol. The van der Waals surface area contributed by atoms with Gasteiger partial charge in [-0.15, -0.1) is 0 Å². The third-order valence-electron chi connectivity index (χ3n) is 5.54. The SMILES string of the molecule is CCO/N=C(/C(C)=N/OCc1ccccc1/C(=C\OC)C(=O)OC)c1ccc(Oc2ccc(C(F)(F)F)cc2)cc1. The molecular formula is C30H29F3N2O6. The van der Waals surface area contributed by atoms with Crippen LogP contribution in [0.3, 0.4) is 0 Å². The fourth-order valence-corrected chi connectivity index (χ4v) is 3.59. The lowest BCUT2D eigenvalue weighted by atomic mass is 10.0. The van der Waals surface area contributed by atoms with E-state index in [1.807, 2.05) is 0 Å². The summed E-state index contributed by atoms with van der Waals surface area (Å²) in [6.07, 6.45) is -3.12. The summed E-state index contributed by atoms with van der Waals surface area (Å²) in [6.45, 7) is 3.84. The summed E-state index contributed by atoms with van der Waals surface area (Å²) in [5.74, 6) is 0.115. The second-order valence-corrected chi connectivity index (χ2v) is 8.37. The van der Waals surface area contributed by atoms with E-state index in [-0.39, 0.29) is 17.9 Å². The number of hydrogen-bond donors (Lipinski definition) is 0. The zero-order valence-corrected chi connectivity index (χ0v) is 22.9. The molecule has 0 bridgehead atoms. The van der Waals surface area contributed by atoms with Gasteiger partial charge in [0.1, 0.15) is 41.7 Å². The van der Waals surface area contributed by atoms with Crippen LogP contribution >= 0.6 is 0 Å². The van der Waals surface area contributed by atoms with Gasteiger partial charge in [0.2, 0.25) is 0 Å². The van der Waals surface area contributed by atoms with Gasteiger partial charge in [0, 0.05) is 11.1 Å². The third-order valence-corrected chi connectivity index (χ3v) is 5.54. The monoisotopic (exact) mass is 570 g/mol. The molecule has 41 heavy (non-hydrogen) atoms. The molecule has 0 fully saturated rings. The van der Waals surface area contributed by atoms with Gasteiger partial charge in [-0.2, -0.15) is 13.2 Å². The van der Waals surface area contributed by atoms with Crippen molar-refractivity contribution in [2.24, 2.45) is 10.3 Å². The zero-order chi connectivity index (χ0) is 29.8. The van der Waals surface area contributed by atoms with E-state index in [0.717, 1.165) is 12.1 Å². The summed E-state index contributed by atoms with van der Waals surface area (Å²) in [4.78, 5) is 23.1. The smallest absolute Gasteiger partial charge is 0.416 e. The first kappa shape index (κ1) is 30.7. The summed E-state index contributed by atoms with van der Waals surface area (Å²) in [7, 11) is 2.72. The Hall–Kier alpha value is -4.80. The fourth-order valence-electron chi connectivity index (χ4n) is 3.59. The average molecular weight is 571 g/mol. The highest BCUT2D eigenvalue weighted by Crippen LogP contribution is 2.31. The quantitative estimate of drug-likeness (QED) is 0.0767. The number of carbonyl (C=O) groups excluding carboxylic acids is 1. The zero-order valence-electron chi connectivity index (χ0n) is 22.9. The predicted octanol–water partition coefficient (Wildman–Crippen LogP) is 6.99. The van der Waals surface area contributed by atoms with E-state index in [1.54, 1.807) is 62.4 Å². The Balaban J connectivity index is 1.75. The molecule has 0 amide bonds. The number of benzene rings is 3. The summed E-state index contributed by atoms with van der Waals surface area (Å²) in [5.41, 5.74) is 2.16. The van der Waals surface area contributed by atoms with Crippen LogP contribution in [0.1, 0.15) is 36.1 Å². The van der Waals surface area contributed by atoms with Crippen molar-refractivity contribution in [2.45, 2.75) is 26.6 Å². The topological polar surface area (TPSA) is 87.9 Å². The van der Waals surface area contributed by atoms with E-state index in [1.165, 1.54) is 32.6 Å². The van der Waals surface area contributed by atoms with Crippen molar-refractivity contribution >= 4 is 23.0 Å². The van der Waals surface area contributed by atoms with Crippen molar-refractivity contribution in [3.63, 3.8) is 0 Å². The molecule has 3 aromatic rings. The van der Waals surface area contributed by atoms with E-state index >= 15 is 0 Å². The molecule has 11 heteroatoms. The normalized spacial score (nSPS) is 12.5. The highest BCUT2D eigenvalue weighted by Gasteiger charge is 2.30. The number of esters is 1. The van der Waals surface area contributed by atoms with Gasteiger partial charge < -0.3 is 23.9 Å². The number of methoxy groups -OCH3 is 2. The predicted molar refractivity (Wildman–Crippen MR) is 147 cm³/mol. The van der Waals surface area contributed by atoms with Gasteiger partial charge in [0.05, 0.1) is 26.0 Å². The number of ether oxygens (including phenoxy) is 3. The Morgan fingerprint density at radius 2 is 1.51 bits per heavy atom. The molecule has 0 saturated carbocycles. The summed E-state index contributed by atoms with van der Waals surface area (Å²) in [5, 5.41) is 8.36. The molecule has 0 aliphatic rings. The fraction of sp³-hybridized carbons (Fsp3) is 0.233. The number of hydrogen-bond acceptors (Lipinski definition) is 8. The van der Waals surface area contributed by atoms with Gasteiger partial charge in [-0.1, -0.05) is 34.6 Å². The minimum atomic E-state index is -4.42. The molecule has 0 aromatic heterocycles. The number of halogens is 3. The lowest BCUT2D eigenvalue weighted by Gasteiger charge is -2.12. The Labute approximate surface area is 235 Å². The molecule has 0 aliphatic carbocycles. The van der Waals surface area contributed by atoms with Crippen molar-refractivity contribution in [3.05, 3.63) is 101 Å². The van der Waals surface area contributed by atoms with Crippen LogP contribution in [0.15, 0.2) is 89.4 Å². The summed E-state index contributed by atoms with van der Waals surface area (Å²) >= 11 is 0. The standard InChI is InChI=1S/C30H29F3N2O6/c1-5-39-35-28(21-10-14-24(15-11-21)41-25-16-12-23(13-17-25)30(31,32)33)20(2)34-40-18-22-8-6-7-9-26(22)27(19-37-3)29(36)38-4/h6-17,19H,5,18H2,1-4H3/b27-19+,34-20+,35-28-. The minimum absolute atomic E-state index is 0.0351. The van der Waals surface area contributed by atoms with E-state index in [4.69, 9.17) is 23.9 Å². The highest BCUT2D eigenvalue weighted by molar-refractivity contribution is 6.47. The van der Waals surface area contributed by atoms with E-state index in [2.05, 4.69) is 10.3 Å². The van der Waals surface area contributed by atoms with Gasteiger partial charge in [0.25, 0.3) is 0 Å². The van der Waals surface area contributed by atoms with Gasteiger partial charge in [-0.05, 0) is 67.9 Å². The van der Waals surface area contributed by atoms with Crippen LogP contribution in [0.5, 0.6) is 11.5 Å². The Morgan fingerprint density at radius 1 is 0.878 bits per heavy atom. The molecule has 0 atom stereocenters. The minimum Gasteiger partial charge on any atom is -0.503 e. The van der Waals surface area contributed by atoms with Gasteiger partial charge in [0.15, 0.2) is 0 Å². The molecule has 3 aromatic carbocycles. The molecule has 0 spiro atoms. The second kappa shape index (κ2) is 14.5. The van der Waals surface area contributed by atoms with Crippen LogP contribution in [-0.4, -0.2) is 38.2 Å². The Morgan fingerprint density at radius 3 is 2.10 bits per heavy atom. The maximum atomic E-state index is 12.8. The Kier molecular flexibility index (Phi) is 10.9. The van der Waals surface area contributed by atoms with E-state index in [9.17, 15) is 18.0 Å². The summed E-state index contributed by atoms with van der Waals surface area (Å²) in [6, 6.07) is 18.3. The second-order valence-electron chi connectivity index (χ2n) is 8.37. The first-order valence-electron chi connectivity index (χ1n) is 12.4. The lowest BCUT2D eigenvalue weighted by Crippen LogP contribution is -2.14. The van der Waals surface area contributed by atoms with Crippen LogP contribution in [0.25, 0.3) is 5.57 Å². The number of carbonyl (C=O) groups is 1. The summed E-state index contributed by atoms with van der Waals surface area (Å²) < 4.78 is 54.0. The molecule has 3 rings (SSSR count). The van der Waals surface area contributed by atoms with Crippen LogP contribution in [-0.2, 0) is 36.7 Å². The lowest BCUT2D eigenvalue weighted by molar-refractivity contribution is -0.137. The van der Waals surface area contributed by atoms with Crippen molar-refractivity contribution in [1.82, 2.24) is 0 Å². The highest BCUT2D eigenvalue weighted by atomic mass is 19.4. The van der Waals surface area contributed by atoms with Crippen molar-refractivity contribution < 1.29 is 41.9 Å². The molecule has 0 N–H and O–H groups in total. The van der Waals surface area contributed by atoms with Crippen LogP contribution in [0, 0.1) is 0 Å². The van der Waals surface area contributed by atoms with Crippen molar-refractivity contribution in [3.8, 4) is 11.5 Å². The maximum Gasteiger partial charge on any atom is 0.416 e. The molecule has 8 nitrogen and oxygen atoms in total. The van der Waals surface area contributed by atoms with Gasteiger partial charge in [-0.3, -0.25) is 0 Å². The van der Waals surface area contributed by atoms with E-state index in [0.29, 0.717) is 40.5 Å². The maximum absolute atomic E-state index is 12.8. The number of rotatable bonds is 12. The first-order chi connectivity index (χ1) is 19.7. The van der Waals surface area contributed by atoms with Crippen molar-refractivity contribution in [1.29, 1.82) is 0 Å². The Bertz CT molecular complexity index is 1400. The van der Waals surface area contributed by atoms with Crippen LogP contribution in [0.4, 0.5) is 13.2 Å². The molecule has 0 unspecified atom stereocenters. The molecule has 0 aliphatic heterocycles. The van der Waals surface area contributed by atoms with E-state index < -0.39 is 17.7 Å². The van der Waals surface area contributed by atoms with Gasteiger partial charge in [-0.25, -0.2) is 4.79 Å². The number of oxime groups is 2. The van der Waals surface area contributed by atoms with Crippen LogP contribution in [0.2, 0.25) is 0 Å². The average Bonchev–Trinajstić information content (AvgIpc) is 2.96. The van der Waals surface area contributed by atoms with Crippen LogP contribution < -0.4 is 4.74 Å². The molecule has 0 saturated heterocycles. The number of nitrogens with zero attached hydrogens (tertiary/aromatic N) is 2. The third kappa shape index (κ3) is 8.59.